The Kier molecular flexibility index (Phi) is 7.15. The predicted molar refractivity (Wildman–Crippen MR) is 101 cm³/mol. The first-order valence-electron chi connectivity index (χ1n) is 8.31. The van der Waals surface area contributed by atoms with Gasteiger partial charge in [-0.15, -0.1) is 11.3 Å². The molecule has 1 heterocycles. The number of likely N-dealkylation sites (N-methyl/N-ethyl adjacent to an activating group) is 1. The Hall–Kier alpha value is -1.98. The maximum absolute atomic E-state index is 12.1. The van der Waals surface area contributed by atoms with Crippen LogP contribution in [-0.2, 0) is 4.79 Å². The molecular weight excluding hydrogens is 318 g/mol. The molecule has 0 spiro atoms. The van der Waals surface area contributed by atoms with E-state index in [4.69, 9.17) is 0 Å². The molecule has 0 radical (unpaired) electrons. The molecule has 0 saturated heterocycles. The van der Waals surface area contributed by atoms with Gasteiger partial charge in [-0.1, -0.05) is 44.2 Å². The van der Waals surface area contributed by atoms with E-state index in [1.54, 1.807) is 23.5 Å². The van der Waals surface area contributed by atoms with Crippen LogP contribution in [0.5, 0.6) is 0 Å². The smallest absolute Gasteiger partial charge is 0.244 e. The molecule has 0 aliphatic rings. The number of rotatable bonds is 8. The molecule has 1 unspecified atom stereocenters. The van der Waals surface area contributed by atoms with Crippen molar-refractivity contribution in [3.05, 3.63) is 58.1 Å². The summed E-state index contributed by atoms with van der Waals surface area (Å²) in [6.07, 6.45) is 3.31. The zero-order chi connectivity index (χ0) is 17.4. The second kappa shape index (κ2) is 9.35. The van der Waals surface area contributed by atoms with E-state index in [2.05, 4.69) is 41.2 Å². The van der Waals surface area contributed by atoms with Gasteiger partial charge in [0.15, 0.2) is 0 Å². The molecule has 0 bridgehead atoms. The maximum Gasteiger partial charge on any atom is 0.244 e. The Balaban J connectivity index is 1.99. The number of benzene rings is 1. The van der Waals surface area contributed by atoms with Crippen molar-refractivity contribution in [3.63, 3.8) is 0 Å². The van der Waals surface area contributed by atoms with Gasteiger partial charge in [0.05, 0.1) is 16.7 Å². The summed E-state index contributed by atoms with van der Waals surface area (Å²) in [4.78, 5) is 18.8. The van der Waals surface area contributed by atoms with Gasteiger partial charge in [0.1, 0.15) is 0 Å². The van der Waals surface area contributed by atoms with Crippen LogP contribution in [0.3, 0.4) is 0 Å². The van der Waals surface area contributed by atoms with Crippen LogP contribution in [0.1, 0.15) is 36.2 Å². The summed E-state index contributed by atoms with van der Waals surface area (Å²) in [7, 11) is 0. The highest BCUT2D eigenvalue weighted by atomic mass is 32.1. The average molecular weight is 343 g/mol. The number of nitrogens with one attached hydrogen (secondary N) is 1. The zero-order valence-electron chi connectivity index (χ0n) is 14.5. The Labute approximate surface area is 148 Å². The van der Waals surface area contributed by atoms with Gasteiger partial charge in [-0.05, 0) is 31.7 Å². The Bertz CT molecular complexity index is 662. The average Bonchev–Trinajstić information content (AvgIpc) is 3.03. The molecule has 24 heavy (non-hydrogen) atoms. The first-order chi connectivity index (χ1) is 11.6. The highest BCUT2D eigenvalue weighted by molar-refractivity contribution is 7.09. The Morgan fingerprint density at radius 1 is 1.29 bits per heavy atom. The number of hydrogen-bond donors (Lipinski definition) is 1. The van der Waals surface area contributed by atoms with E-state index in [1.807, 2.05) is 30.5 Å². The van der Waals surface area contributed by atoms with E-state index >= 15 is 0 Å². The van der Waals surface area contributed by atoms with Gasteiger partial charge < -0.3 is 5.32 Å². The topological polar surface area (TPSA) is 45.2 Å². The molecule has 128 valence electrons. The van der Waals surface area contributed by atoms with E-state index in [-0.39, 0.29) is 11.9 Å². The molecule has 1 atom stereocenters. The molecular formula is C19H25N3OS. The lowest BCUT2D eigenvalue weighted by molar-refractivity contribution is -0.116. The molecule has 1 amide bonds. The molecule has 1 aromatic carbocycles. The number of hydrogen-bond acceptors (Lipinski definition) is 4. The van der Waals surface area contributed by atoms with Crippen molar-refractivity contribution in [1.29, 1.82) is 0 Å². The fourth-order valence-electron chi connectivity index (χ4n) is 2.67. The third-order valence-electron chi connectivity index (χ3n) is 3.95. The number of carbonyl (C=O) groups is 1. The summed E-state index contributed by atoms with van der Waals surface area (Å²) < 4.78 is 0. The van der Waals surface area contributed by atoms with Gasteiger partial charge in [0.2, 0.25) is 5.91 Å². The number of thiazole rings is 1. The minimum atomic E-state index is -0.0891. The van der Waals surface area contributed by atoms with E-state index in [9.17, 15) is 4.79 Å². The number of amides is 1. The fourth-order valence-corrected chi connectivity index (χ4v) is 3.25. The maximum atomic E-state index is 12.1. The minimum Gasteiger partial charge on any atom is -0.351 e. The molecule has 5 heteroatoms. The number of carbonyl (C=O) groups excluding carboxylic acids is 1. The molecule has 2 aromatic rings. The summed E-state index contributed by atoms with van der Waals surface area (Å²) in [5, 5.41) is 5.96. The molecule has 0 aliphatic carbocycles. The Morgan fingerprint density at radius 3 is 2.58 bits per heavy atom. The van der Waals surface area contributed by atoms with Crippen LogP contribution < -0.4 is 5.32 Å². The summed E-state index contributed by atoms with van der Waals surface area (Å²) in [5.41, 5.74) is 2.05. The van der Waals surface area contributed by atoms with Crippen LogP contribution in [0.4, 0.5) is 0 Å². The lowest BCUT2D eigenvalue weighted by Gasteiger charge is -2.30. The lowest BCUT2D eigenvalue weighted by Crippen LogP contribution is -2.37. The van der Waals surface area contributed by atoms with Gasteiger partial charge in [0, 0.05) is 18.0 Å². The third kappa shape index (κ3) is 5.28. The van der Waals surface area contributed by atoms with E-state index < -0.39 is 0 Å². The van der Waals surface area contributed by atoms with Crippen LogP contribution in [0, 0.1) is 6.92 Å². The van der Waals surface area contributed by atoms with Crippen LogP contribution in [0.2, 0.25) is 0 Å². The second-order valence-electron chi connectivity index (χ2n) is 5.52. The van der Waals surface area contributed by atoms with Crippen molar-refractivity contribution in [2.45, 2.75) is 26.8 Å². The molecule has 0 saturated carbocycles. The van der Waals surface area contributed by atoms with Gasteiger partial charge >= 0.3 is 0 Å². The summed E-state index contributed by atoms with van der Waals surface area (Å²) in [5.74, 6) is -0.0891. The molecule has 0 aliphatic heterocycles. The minimum absolute atomic E-state index is 0.0891. The first kappa shape index (κ1) is 18.4. The number of aromatic nitrogens is 1. The van der Waals surface area contributed by atoms with Gasteiger partial charge in [-0.2, -0.15) is 0 Å². The number of nitrogens with zero attached hydrogens (tertiary/aromatic N) is 2. The van der Waals surface area contributed by atoms with Crippen molar-refractivity contribution >= 4 is 23.3 Å². The molecule has 1 aromatic heterocycles. The van der Waals surface area contributed by atoms with E-state index in [1.165, 1.54) is 5.56 Å². The van der Waals surface area contributed by atoms with Crippen molar-refractivity contribution < 1.29 is 4.79 Å². The Morgan fingerprint density at radius 2 is 2.00 bits per heavy atom. The van der Waals surface area contributed by atoms with Gasteiger partial charge in [-0.25, -0.2) is 4.98 Å². The van der Waals surface area contributed by atoms with Crippen molar-refractivity contribution in [3.8, 4) is 0 Å². The summed E-state index contributed by atoms with van der Waals surface area (Å²) in [6.45, 7) is 8.72. The predicted octanol–water partition coefficient (Wildman–Crippen LogP) is 3.66. The van der Waals surface area contributed by atoms with E-state index in [0.717, 1.165) is 23.8 Å². The van der Waals surface area contributed by atoms with Crippen LogP contribution in [-0.4, -0.2) is 35.4 Å². The molecule has 4 nitrogen and oxygen atoms in total. The zero-order valence-corrected chi connectivity index (χ0v) is 15.3. The standard InChI is InChI=1S/C19H25N3OS/c1-4-22(5-2)18(16-9-7-6-8-10-16)13-20-19(23)12-11-17-14-24-15(3)21-17/h6-12,14,18H,4-5,13H2,1-3H3,(H,20,23)/b12-11+. The first-order valence-corrected chi connectivity index (χ1v) is 9.19. The highest BCUT2D eigenvalue weighted by Gasteiger charge is 2.18. The summed E-state index contributed by atoms with van der Waals surface area (Å²) >= 11 is 1.58. The summed E-state index contributed by atoms with van der Waals surface area (Å²) in [6, 6.07) is 10.5. The van der Waals surface area contributed by atoms with Crippen LogP contribution in [0.25, 0.3) is 6.08 Å². The lowest BCUT2D eigenvalue weighted by atomic mass is 10.1. The van der Waals surface area contributed by atoms with Gasteiger partial charge in [0.25, 0.3) is 0 Å². The normalized spacial score (nSPS) is 12.7. The van der Waals surface area contributed by atoms with Crippen LogP contribution in [0.15, 0.2) is 41.8 Å². The second-order valence-corrected chi connectivity index (χ2v) is 6.58. The molecule has 0 fully saturated rings. The quantitative estimate of drug-likeness (QED) is 0.744. The number of aryl methyl sites for hydroxylation is 1. The molecule has 1 N–H and O–H groups in total. The monoisotopic (exact) mass is 343 g/mol. The third-order valence-corrected chi connectivity index (χ3v) is 4.74. The van der Waals surface area contributed by atoms with Crippen LogP contribution >= 0.6 is 11.3 Å². The van der Waals surface area contributed by atoms with Crippen molar-refractivity contribution in [2.24, 2.45) is 0 Å². The SMILES string of the molecule is CCN(CC)C(CNC(=O)/C=C/c1csc(C)n1)c1ccccc1. The van der Waals surface area contributed by atoms with Crippen molar-refractivity contribution in [1.82, 2.24) is 15.2 Å². The molecule has 2 rings (SSSR count). The highest BCUT2D eigenvalue weighted by Crippen LogP contribution is 2.19. The van der Waals surface area contributed by atoms with E-state index in [0.29, 0.717) is 6.54 Å². The fraction of sp³-hybridized carbons (Fsp3) is 0.368. The van der Waals surface area contributed by atoms with Crippen molar-refractivity contribution in [2.75, 3.05) is 19.6 Å². The largest absolute Gasteiger partial charge is 0.351 e. The van der Waals surface area contributed by atoms with Gasteiger partial charge in [-0.3, -0.25) is 9.69 Å².